The minimum absolute atomic E-state index is 0.0442. The molecule has 0 radical (unpaired) electrons. The maximum absolute atomic E-state index is 11.0. The highest BCUT2D eigenvalue weighted by atomic mass is 16.6. The minimum Gasteiger partial charge on any atom is -0.378 e. The molecule has 0 aliphatic carbocycles. The molecular formula is C14H13N5O4. The standard InChI is InChI=1S/C14H13N5O4/c1-17(2)11-5-3-10(4-6-11)15-16-13-8-7-12(18(20)21)9-14(13)19(22)23/h3-9H,1-2H3/b16-15+. The number of anilines is 1. The van der Waals surface area contributed by atoms with Crippen LogP contribution in [0.15, 0.2) is 52.7 Å². The number of azo groups is 1. The van der Waals surface area contributed by atoms with Gasteiger partial charge in [-0.05, 0) is 30.3 Å². The molecular weight excluding hydrogens is 302 g/mol. The van der Waals surface area contributed by atoms with Gasteiger partial charge < -0.3 is 4.90 Å². The van der Waals surface area contributed by atoms with Gasteiger partial charge in [-0.25, -0.2) is 0 Å². The second-order valence-electron chi connectivity index (χ2n) is 4.80. The molecule has 0 saturated heterocycles. The number of hydrogen-bond acceptors (Lipinski definition) is 7. The Bertz CT molecular complexity index is 771. The van der Waals surface area contributed by atoms with Crippen molar-refractivity contribution in [3.63, 3.8) is 0 Å². The predicted molar refractivity (Wildman–Crippen MR) is 84.7 cm³/mol. The zero-order valence-corrected chi connectivity index (χ0v) is 12.4. The summed E-state index contributed by atoms with van der Waals surface area (Å²) in [6.45, 7) is 0. The van der Waals surface area contributed by atoms with E-state index in [1.807, 2.05) is 31.1 Å². The van der Waals surface area contributed by atoms with Crippen LogP contribution in [0.1, 0.15) is 0 Å². The van der Waals surface area contributed by atoms with Gasteiger partial charge in [-0.3, -0.25) is 20.2 Å². The summed E-state index contributed by atoms with van der Waals surface area (Å²) < 4.78 is 0. The van der Waals surface area contributed by atoms with Crippen molar-refractivity contribution in [1.29, 1.82) is 0 Å². The molecule has 23 heavy (non-hydrogen) atoms. The highest BCUT2D eigenvalue weighted by molar-refractivity contribution is 5.62. The molecule has 0 fully saturated rings. The van der Waals surface area contributed by atoms with Gasteiger partial charge in [0.25, 0.3) is 5.69 Å². The van der Waals surface area contributed by atoms with Crippen molar-refractivity contribution in [2.75, 3.05) is 19.0 Å². The van der Waals surface area contributed by atoms with E-state index >= 15 is 0 Å². The van der Waals surface area contributed by atoms with Crippen LogP contribution in [0, 0.1) is 20.2 Å². The first-order valence-corrected chi connectivity index (χ1v) is 6.50. The lowest BCUT2D eigenvalue weighted by Gasteiger charge is -2.11. The molecule has 118 valence electrons. The number of nitro benzene ring substituents is 2. The van der Waals surface area contributed by atoms with E-state index in [1.165, 1.54) is 6.07 Å². The van der Waals surface area contributed by atoms with E-state index in [1.54, 1.807) is 12.1 Å². The van der Waals surface area contributed by atoms with Gasteiger partial charge >= 0.3 is 5.69 Å². The first-order valence-electron chi connectivity index (χ1n) is 6.50. The van der Waals surface area contributed by atoms with Crippen LogP contribution in [0.25, 0.3) is 0 Å². The fourth-order valence-electron chi connectivity index (χ4n) is 1.79. The van der Waals surface area contributed by atoms with Gasteiger partial charge in [0, 0.05) is 25.8 Å². The Balaban J connectivity index is 2.31. The highest BCUT2D eigenvalue weighted by Gasteiger charge is 2.19. The molecule has 0 aliphatic rings. The maximum atomic E-state index is 11.0. The summed E-state index contributed by atoms with van der Waals surface area (Å²) >= 11 is 0. The number of rotatable bonds is 5. The summed E-state index contributed by atoms with van der Waals surface area (Å²) in [7, 11) is 3.80. The van der Waals surface area contributed by atoms with E-state index in [9.17, 15) is 20.2 Å². The zero-order chi connectivity index (χ0) is 17.0. The summed E-state index contributed by atoms with van der Waals surface area (Å²) in [6.07, 6.45) is 0. The third-order valence-corrected chi connectivity index (χ3v) is 3.01. The Kier molecular flexibility index (Phi) is 4.60. The topological polar surface area (TPSA) is 114 Å². The monoisotopic (exact) mass is 315 g/mol. The summed E-state index contributed by atoms with van der Waals surface area (Å²) in [5.74, 6) is 0. The summed E-state index contributed by atoms with van der Waals surface area (Å²) in [4.78, 5) is 22.2. The van der Waals surface area contributed by atoms with Gasteiger partial charge in [-0.2, -0.15) is 5.11 Å². The van der Waals surface area contributed by atoms with Crippen LogP contribution in [0.4, 0.5) is 28.4 Å². The number of hydrogen-bond donors (Lipinski definition) is 0. The first kappa shape index (κ1) is 16.0. The number of nitrogens with zero attached hydrogens (tertiary/aromatic N) is 5. The molecule has 0 aliphatic heterocycles. The van der Waals surface area contributed by atoms with E-state index in [0.29, 0.717) is 5.69 Å². The molecule has 0 bridgehead atoms. The Hall–Kier alpha value is -3.36. The second-order valence-corrected chi connectivity index (χ2v) is 4.80. The van der Waals surface area contributed by atoms with Crippen molar-refractivity contribution >= 4 is 28.4 Å². The molecule has 9 heteroatoms. The molecule has 0 spiro atoms. The van der Waals surface area contributed by atoms with Gasteiger partial charge in [0.15, 0.2) is 5.69 Å². The average Bonchev–Trinajstić information content (AvgIpc) is 2.52. The summed E-state index contributed by atoms with van der Waals surface area (Å²) in [5, 5.41) is 29.4. The van der Waals surface area contributed by atoms with E-state index in [4.69, 9.17) is 0 Å². The predicted octanol–water partition coefficient (Wildman–Crippen LogP) is 3.98. The third kappa shape index (κ3) is 3.84. The van der Waals surface area contributed by atoms with Crippen molar-refractivity contribution in [1.82, 2.24) is 0 Å². The normalized spacial score (nSPS) is 10.7. The molecule has 2 aromatic rings. The van der Waals surface area contributed by atoms with Crippen LogP contribution >= 0.6 is 0 Å². The van der Waals surface area contributed by atoms with Crippen molar-refractivity contribution in [3.8, 4) is 0 Å². The van der Waals surface area contributed by atoms with Gasteiger partial charge in [0.05, 0.1) is 21.6 Å². The lowest BCUT2D eigenvalue weighted by molar-refractivity contribution is -0.393. The third-order valence-electron chi connectivity index (χ3n) is 3.01. The second kappa shape index (κ2) is 6.60. The molecule has 0 unspecified atom stereocenters. The minimum atomic E-state index is -0.726. The van der Waals surface area contributed by atoms with Gasteiger partial charge in [-0.1, -0.05) is 0 Å². The number of non-ortho nitro benzene ring substituents is 1. The molecule has 0 saturated carbocycles. The average molecular weight is 315 g/mol. The lowest BCUT2D eigenvalue weighted by atomic mass is 10.2. The largest absolute Gasteiger partial charge is 0.378 e. The van der Waals surface area contributed by atoms with Crippen molar-refractivity contribution in [2.24, 2.45) is 10.2 Å². The van der Waals surface area contributed by atoms with Crippen LogP contribution in [0.3, 0.4) is 0 Å². The Morgan fingerprint density at radius 1 is 0.913 bits per heavy atom. The van der Waals surface area contributed by atoms with Crippen molar-refractivity contribution in [2.45, 2.75) is 0 Å². The highest BCUT2D eigenvalue weighted by Crippen LogP contribution is 2.32. The molecule has 0 heterocycles. The molecule has 2 rings (SSSR count). The number of nitro groups is 2. The Labute approximate surface area is 131 Å². The quantitative estimate of drug-likeness (QED) is 0.470. The molecule has 0 aromatic heterocycles. The summed E-state index contributed by atoms with van der Waals surface area (Å²) in [5.41, 5.74) is 0.615. The smallest absolute Gasteiger partial charge is 0.303 e. The van der Waals surface area contributed by atoms with E-state index in [0.717, 1.165) is 17.8 Å². The Morgan fingerprint density at radius 2 is 1.57 bits per heavy atom. The fraction of sp³-hybridized carbons (Fsp3) is 0.143. The van der Waals surface area contributed by atoms with Crippen molar-refractivity contribution < 1.29 is 9.85 Å². The van der Waals surface area contributed by atoms with Crippen LogP contribution in [0.5, 0.6) is 0 Å². The van der Waals surface area contributed by atoms with E-state index in [2.05, 4.69) is 10.2 Å². The van der Waals surface area contributed by atoms with Crippen LogP contribution in [-0.4, -0.2) is 23.9 Å². The van der Waals surface area contributed by atoms with E-state index in [-0.39, 0.29) is 11.4 Å². The van der Waals surface area contributed by atoms with Gasteiger partial charge in [0.1, 0.15) is 0 Å². The summed E-state index contributed by atoms with van der Waals surface area (Å²) in [6, 6.07) is 10.3. The lowest BCUT2D eigenvalue weighted by Crippen LogP contribution is -2.07. The van der Waals surface area contributed by atoms with Crippen molar-refractivity contribution in [3.05, 3.63) is 62.7 Å². The first-order chi connectivity index (χ1) is 10.9. The molecule has 0 amide bonds. The van der Waals surface area contributed by atoms with Crippen LogP contribution in [0.2, 0.25) is 0 Å². The SMILES string of the molecule is CN(C)c1ccc(/N=N/c2ccc([N+](=O)[O-])cc2[N+](=O)[O-])cc1. The fourth-order valence-corrected chi connectivity index (χ4v) is 1.79. The molecule has 2 aromatic carbocycles. The van der Waals surface area contributed by atoms with Crippen LogP contribution in [-0.2, 0) is 0 Å². The molecule has 0 atom stereocenters. The van der Waals surface area contributed by atoms with Crippen LogP contribution < -0.4 is 4.90 Å². The molecule has 0 N–H and O–H groups in total. The zero-order valence-electron chi connectivity index (χ0n) is 12.4. The van der Waals surface area contributed by atoms with E-state index < -0.39 is 15.5 Å². The van der Waals surface area contributed by atoms with Gasteiger partial charge in [-0.15, -0.1) is 5.11 Å². The Morgan fingerprint density at radius 3 is 2.09 bits per heavy atom. The number of benzene rings is 2. The van der Waals surface area contributed by atoms with Gasteiger partial charge in [0.2, 0.25) is 0 Å². The maximum Gasteiger partial charge on any atom is 0.303 e. The molecule has 9 nitrogen and oxygen atoms in total.